The molecule has 1 aliphatic carbocycles. The lowest BCUT2D eigenvalue weighted by Gasteiger charge is -2.41. The molecule has 3 rings (SSSR count). The third-order valence-corrected chi connectivity index (χ3v) is 5.24. The van der Waals surface area contributed by atoms with E-state index < -0.39 is 0 Å². The van der Waals surface area contributed by atoms with Crippen LogP contribution in [0.5, 0.6) is 11.5 Å². The van der Waals surface area contributed by atoms with Crippen LogP contribution in [0.2, 0.25) is 0 Å². The van der Waals surface area contributed by atoms with Gasteiger partial charge in [-0.3, -0.25) is 4.90 Å². The van der Waals surface area contributed by atoms with E-state index >= 15 is 0 Å². The number of piperidine rings is 1. The molecule has 4 nitrogen and oxygen atoms in total. The molecule has 1 saturated heterocycles. The fourth-order valence-corrected chi connectivity index (χ4v) is 3.93. The van der Waals surface area contributed by atoms with Gasteiger partial charge in [-0.05, 0) is 49.9 Å². The number of hydrogen-bond donors (Lipinski definition) is 1. The quantitative estimate of drug-likeness (QED) is 0.902. The van der Waals surface area contributed by atoms with Crippen molar-refractivity contribution in [2.24, 2.45) is 5.73 Å². The fraction of sp³-hybridized carbons (Fsp3) is 0.625. The number of rotatable bonds is 4. The maximum atomic E-state index is 6.46. The molecule has 0 aromatic heterocycles. The first kappa shape index (κ1) is 15.1. The Morgan fingerprint density at radius 1 is 1.14 bits per heavy atom. The van der Waals surface area contributed by atoms with Gasteiger partial charge in [0.2, 0.25) is 0 Å². The smallest absolute Gasteiger partial charge is 0.161 e. The number of hydrogen-bond acceptors (Lipinski definition) is 4. The topological polar surface area (TPSA) is 47.7 Å². The molecule has 1 aliphatic heterocycles. The predicted octanol–water partition coefficient (Wildman–Crippen LogP) is 3.09. The molecule has 1 aromatic carbocycles. The summed E-state index contributed by atoms with van der Waals surface area (Å²) in [7, 11) is 3.34. The van der Waals surface area contributed by atoms with E-state index in [9.17, 15) is 0 Å². The molecule has 1 aromatic rings. The minimum atomic E-state index is 0.175. The summed E-state index contributed by atoms with van der Waals surface area (Å²) in [5.74, 6) is 1.51. The minimum absolute atomic E-state index is 0.175. The summed E-state index contributed by atoms with van der Waals surface area (Å²) in [5, 5.41) is 0. The van der Waals surface area contributed by atoms with Crippen LogP contribution < -0.4 is 15.2 Å². The van der Waals surface area contributed by atoms with Crippen LogP contribution in [0.25, 0.3) is 0 Å². The van der Waals surface area contributed by atoms with Gasteiger partial charge in [-0.25, -0.2) is 0 Å². The van der Waals surface area contributed by atoms with Crippen LogP contribution in [0.15, 0.2) is 16.6 Å². The number of ether oxygens (including phenoxy) is 2. The minimum Gasteiger partial charge on any atom is -0.493 e. The Bertz CT molecular complexity index is 519. The highest BCUT2D eigenvalue weighted by atomic mass is 79.9. The molecule has 1 saturated carbocycles. The van der Waals surface area contributed by atoms with E-state index in [1.54, 1.807) is 14.2 Å². The zero-order chi connectivity index (χ0) is 15.0. The van der Waals surface area contributed by atoms with Gasteiger partial charge in [-0.2, -0.15) is 0 Å². The number of likely N-dealkylation sites (tertiary alicyclic amines) is 1. The first-order valence-corrected chi connectivity index (χ1v) is 8.37. The Labute approximate surface area is 134 Å². The lowest BCUT2D eigenvalue weighted by molar-refractivity contribution is 0.119. The van der Waals surface area contributed by atoms with E-state index in [4.69, 9.17) is 15.2 Å². The number of halogens is 1. The Morgan fingerprint density at radius 2 is 1.81 bits per heavy atom. The van der Waals surface area contributed by atoms with Crippen molar-refractivity contribution in [2.45, 2.75) is 43.8 Å². The van der Waals surface area contributed by atoms with Crippen LogP contribution in [-0.2, 0) is 0 Å². The lowest BCUT2D eigenvalue weighted by Crippen LogP contribution is -2.47. The zero-order valence-corrected chi connectivity index (χ0v) is 14.2. The van der Waals surface area contributed by atoms with Crippen molar-refractivity contribution in [3.05, 3.63) is 22.2 Å². The zero-order valence-electron chi connectivity index (χ0n) is 12.6. The molecule has 2 atom stereocenters. The number of nitrogens with zero attached hydrogens (tertiary/aromatic N) is 1. The molecule has 0 amide bonds. The van der Waals surface area contributed by atoms with Crippen molar-refractivity contribution in [3.63, 3.8) is 0 Å². The van der Waals surface area contributed by atoms with Crippen molar-refractivity contribution in [1.82, 2.24) is 4.90 Å². The molecule has 21 heavy (non-hydrogen) atoms. The summed E-state index contributed by atoms with van der Waals surface area (Å²) in [6.45, 7) is 1.14. The monoisotopic (exact) mass is 354 g/mol. The third-order valence-electron chi connectivity index (χ3n) is 4.55. The first-order valence-electron chi connectivity index (χ1n) is 7.58. The van der Waals surface area contributed by atoms with Crippen LogP contribution in [0.1, 0.15) is 37.3 Å². The Morgan fingerprint density at radius 3 is 2.43 bits per heavy atom. The highest BCUT2D eigenvalue weighted by Crippen LogP contribution is 2.44. The van der Waals surface area contributed by atoms with Crippen molar-refractivity contribution < 1.29 is 9.47 Å². The van der Waals surface area contributed by atoms with E-state index in [-0.39, 0.29) is 12.1 Å². The summed E-state index contributed by atoms with van der Waals surface area (Å²) >= 11 is 3.69. The SMILES string of the molecule is COc1cc(Br)c(C2C(N)CCCN2C2CC2)cc1OC. The molecule has 2 aliphatic rings. The van der Waals surface area contributed by atoms with Gasteiger partial charge in [0.15, 0.2) is 11.5 Å². The van der Waals surface area contributed by atoms with E-state index in [1.807, 2.05) is 6.07 Å². The molecular weight excluding hydrogens is 332 g/mol. The van der Waals surface area contributed by atoms with Crippen molar-refractivity contribution in [1.29, 1.82) is 0 Å². The molecule has 1 heterocycles. The summed E-state index contributed by atoms with van der Waals surface area (Å²) < 4.78 is 11.9. The molecule has 2 N–H and O–H groups in total. The average Bonchev–Trinajstić information content (AvgIpc) is 3.31. The highest BCUT2D eigenvalue weighted by Gasteiger charge is 2.40. The highest BCUT2D eigenvalue weighted by molar-refractivity contribution is 9.10. The van der Waals surface area contributed by atoms with Gasteiger partial charge >= 0.3 is 0 Å². The number of nitrogens with two attached hydrogens (primary N) is 1. The molecule has 116 valence electrons. The van der Waals surface area contributed by atoms with Gasteiger partial charge in [0, 0.05) is 16.6 Å². The van der Waals surface area contributed by atoms with Crippen LogP contribution in [0, 0.1) is 0 Å². The van der Waals surface area contributed by atoms with Crippen molar-refractivity contribution in [3.8, 4) is 11.5 Å². The van der Waals surface area contributed by atoms with E-state index in [0.29, 0.717) is 6.04 Å². The second-order valence-corrected chi connectivity index (χ2v) is 6.80. The Balaban J connectivity index is 1.99. The van der Waals surface area contributed by atoms with Gasteiger partial charge in [0.05, 0.1) is 20.3 Å². The lowest BCUT2D eigenvalue weighted by atomic mass is 9.90. The summed E-state index contributed by atoms with van der Waals surface area (Å²) in [6, 6.07) is 5.21. The Hall–Kier alpha value is -0.780. The second-order valence-electron chi connectivity index (χ2n) is 5.95. The summed E-state index contributed by atoms with van der Waals surface area (Å²) in [5.41, 5.74) is 7.68. The fourth-order valence-electron chi connectivity index (χ4n) is 3.37. The van der Waals surface area contributed by atoms with Crippen molar-refractivity contribution in [2.75, 3.05) is 20.8 Å². The molecule has 0 bridgehead atoms. The molecule has 0 radical (unpaired) electrons. The molecule has 0 spiro atoms. The van der Waals surface area contributed by atoms with Crippen molar-refractivity contribution >= 4 is 15.9 Å². The van der Waals surface area contributed by atoms with Gasteiger partial charge in [0.1, 0.15) is 0 Å². The second kappa shape index (κ2) is 6.15. The van der Waals surface area contributed by atoms with Crippen LogP contribution >= 0.6 is 15.9 Å². The normalized spacial score (nSPS) is 26.7. The largest absolute Gasteiger partial charge is 0.493 e. The van der Waals surface area contributed by atoms with E-state index in [2.05, 4.69) is 26.9 Å². The maximum Gasteiger partial charge on any atom is 0.161 e. The van der Waals surface area contributed by atoms with Crippen LogP contribution in [0.4, 0.5) is 0 Å². The first-order chi connectivity index (χ1) is 10.2. The molecular formula is C16H23BrN2O2. The van der Waals surface area contributed by atoms with Gasteiger partial charge in [-0.15, -0.1) is 0 Å². The van der Waals surface area contributed by atoms with Gasteiger partial charge < -0.3 is 15.2 Å². The van der Waals surface area contributed by atoms with E-state index in [0.717, 1.165) is 28.9 Å². The van der Waals surface area contributed by atoms with E-state index in [1.165, 1.54) is 24.8 Å². The number of benzene rings is 1. The summed E-state index contributed by atoms with van der Waals surface area (Å²) in [4.78, 5) is 2.58. The van der Waals surface area contributed by atoms with Gasteiger partial charge in [-0.1, -0.05) is 15.9 Å². The predicted molar refractivity (Wildman–Crippen MR) is 86.9 cm³/mol. The maximum absolute atomic E-state index is 6.46. The molecule has 5 heteroatoms. The Kier molecular flexibility index (Phi) is 4.43. The average molecular weight is 355 g/mol. The van der Waals surface area contributed by atoms with Crippen LogP contribution in [0.3, 0.4) is 0 Å². The van der Waals surface area contributed by atoms with Gasteiger partial charge in [0.25, 0.3) is 0 Å². The summed E-state index contributed by atoms with van der Waals surface area (Å²) in [6.07, 6.45) is 4.87. The molecule has 2 fully saturated rings. The standard InChI is InChI=1S/C16H23BrN2O2/c1-20-14-8-11(12(17)9-15(14)21-2)16-13(18)4-3-7-19(16)10-5-6-10/h8-10,13,16H,3-7,18H2,1-2H3. The third kappa shape index (κ3) is 2.91. The van der Waals surface area contributed by atoms with Crippen LogP contribution in [-0.4, -0.2) is 37.7 Å². The number of methoxy groups -OCH3 is 2. The molecule has 2 unspecified atom stereocenters.